The third kappa shape index (κ3) is 2.82. The minimum absolute atomic E-state index is 0.0318. The van der Waals surface area contributed by atoms with Crippen LogP contribution in [-0.2, 0) is 11.3 Å². The number of urea groups is 1. The molecule has 0 saturated carbocycles. The van der Waals surface area contributed by atoms with Crippen molar-refractivity contribution in [3.8, 4) is 11.5 Å². The number of rotatable bonds is 5. The Kier molecular flexibility index (Phi) is 4.40. The minimum Gasteiger partial charge on any atom is -0.419 e. The molecule has 1 aromatic carbocycles. The van der Waals surface area contributed by atoms with E-state index in [1.54, 1.807) is 0 Å². The van der Waals surface area contributed by atoms with E-state index in [1.807, 2.05) is 38.1 Å². The second-order valence-electron chi connectivity index (χ2n) is 5.62. The molecule has 1 aliphatic heterocycles. The molecule has 126 valence electrons. The van der Waals surface area contributed by atoms with Crippen molar-refractivity contribution >= 4 is 27.9 Å². The molecular weight excluding hydrogens is 376 g/mol. The molecule has 7 nitrogen and oxygen atoms in total. The Morgan fingerprint density at radius 1 is 1.17 bits per heavy atom. The van der Waals surface area contributed by atoms with Gasteiger partial charge in [0.25, 0.3) is 5.91 Å². The predicted molar refractivity (Wildman–Crippen MR) is 89.8 cm³/mol. The van der Waals surface area contributed by atoms with Gasteiger partial charge < -0.3 is 9.73 Å². The lowest BCUT2D eigenvalue weighted by Gasteiger charge is -2.22. The van der Waals surface area contributed by atoms with Gasteiger partial charge in [0, 0.05) is 10.0 Å². The van der Waals surface area contributed by atoms with Crippen LogP contribution in [-0.4, -0.2) is 32.6 Å². The van der Waals surface area contributed by atoms with Crippen LogP contribution in [0.3, 0.4) is 0 Å². The topological polar surface area (TPSA) is 88.3 Å². The van der Waals surface area contributed by atoms with Gasteiger partial charge in [-0.1, -0.05) is 29.8 Å². The monoisotopic (exact) mass is 392 g/mol. The van der Waals surface area contributed by atoms with Gasteiger partial charge in [-0.05, 0) is 37.1 Å². The number of aromatic nitrogens is 2. The highest BCUT2D eigenvalue weighted by Crippen LogP contribution is 2.27. The van der Waals surface area contributed by atoms with Crippen molar-refractivity contribution in [1.29, 1.82) is 0 Å². The van der Waals surface area contributed by atoms with E-state index in [9.17, 15) is 9.59 Å². The van der Waals surface area contributed by atoms with Gasteiger partial charge in [0.2, 0.25) is 11.8 Å². The second kappa shape index (κ2) is 6.35. The van der Waals surface area contributed by atoms with E-state index in [0.29, 0.717) is 18.7 Å². The number of hydrogen-bond acceptors (Lipinski definition) is 5. The van der Waals surface area contributed by atoms with Crippen molar-refractivity contribution in [3.63, 3.8) is 0 Å². The number of nitrogens with one attached hydrogen (secondary N) is 1. The van der Waals surface area contributed by atoms with E-state index < -0.39 is 11.6 Å². The first-order chi connectivity index (χ1) is 11.5. The molecule has 1 saturated heterocycles. The lowest BCUT2D eigenvalue weighted by Crippen LogP contribution is -2.45. The normalized spacial score (nSPS) is 16.5. The Bertz CT molecular complexity index is 768. The molecule has 0 radical (unpaired) electrons. The fraction of sp³-hybridized carbons (Fsp3) is 0.375. The van der Waals surface area contributed by atoms with Crippen LogP contribution in [0.2, 0.25) is 0 Å². The Hall–Kier alpha value is -2.22. The lowest BCUT2D eigenvalue weighted by molar-refractivity contribution is -0.132. The molecule has 2 heterocycles. The summed E-state index contributed by atoms with van der Waals surface area (Å²) in [7, 11) is 0. The summed E-state index contributed by atoms with van der Waals surface area (Å²) >= 11 is 3.36. The van der Waals surface area contributed by atoms with Gasteiger partial charge in [0.05, 0.1) is 0 Å². The molecule has 1 aliphatic rings. The van der Waals surface area contributed by atoms with E-state index >= 15 is 0 Å². The number of hydrogen-bond donors (Lipinski definition) is 1. The van der Waals surface area contributed by atoms with Crippen molar-refractivity contribution in [2.24, 2.45) is 0 Å². The number of carbonyl (C=O) groups is 2. The molecular formula is C16H17BrN4O3. The average Bonchev–Trinajstić information content (AvgIpc) is 3.14. The number of nitrogens with zero attached hydrogens (tertiary/aromatic N) is 3. The molecule has 8 heteroatoms. The molecule has 0 spiro atoms. The number of benzene rings is 1. The van der Waals surface area contributed by atoms with Crippen molar-refractivity contribution < 1.29 is 14.0 Å². The maximum Gasteiger partial charge on any atom is 0.325 e. The fourth-order valence-corrected chi connectivity index (χ4v) is 2.98. The zero-order valence-corrected chi connectivity index (χ0v) is 15.0. The molecule has 2 aromatic rings. The molecule has 1 aromatic heterocycles. The SMILES string of the molecule is CCC1(CC)NC(=O)N(Cc2nnc(-c3ccc(Br)cc3)o2)C1=O. The van der Waals surface area contributed by atoms with E-state index in [2.05, 4.69) is 31.4 Å². The van der Waals surface area contributed by atoms with Crippen LogP contribution < -0.4 is 5.32 Å². The standard InChI is InChI=1S/C16H17BrN4O3/c1-3-16(4-2)14(22)21(15(23)18-16)9-12-19-20-13(24-12)10-5-7-11(17)8-6-10/h5-8H,3-4,9H2,1-2H3,(H,18,23). The van der Waals surface area contributed by atoms with Crippen LogP contribution in [0.15, 0.2) is 33.2 Å². The third-order valence-corrected chi connectivity index (χ3v) is 4.83. The van der Waals surface area contributed by atoms with Crippen LogP contribution in [0.4, 0.5) is 4.79 Å². The van der Waals surface area contributed by atoms with Gasteiger partial charge in [-0.25, -0.2) is 4.79 Å². The summed E-state index contributed by atoms with van der Waals surface area (Å²) in [5.41, 5.74) is -0.0587. The van der Waals surface area contributed by atoms with Gasteiger partial charge in [0.1, 0.15) is 12.1 Å². The van der Waals surface area contributed by atoms with Crippen LogP contribution >= 0.6 is 15.9 Å². The summed E-state index contributed by atoms with van der Waals surface area (Å²) in [6, 6.07) is 7.00. The van der Waals surface area contributed by atoms with Crippen molar-refractivity contribution in [2.45, 2.75) is 38.8 Å². The van der Waals surface area contributed by atoms with Crippen molar-refractivity contribution in [1.82, 2.24) is 20.4 Å². The van der Waals surface area contributed by atoms with Gasteiger partial charge in [0.15, 0.2) is 0 Å². The molecule has 0 atom stereocenters. The zero-order chi connectivity index (χ0) is 17.3. The molecule has 3 rings (SSSR count). The largest absolute Gasteiger partial charge is 0.419 e. The van der Waals surface area contributed by atoms with E-state index in [1.165, 1.54) is 0 Å². The molecule has 1 N–H and O–H groups in total. The molecule has 0 unspecified atom stereocenters. The highest BCUT2D eigenvalue weighted by Gasteiger charge is 2.49. The first-order valence-corrected chi connectivity index (χ1v) is 8.51. The first-order valence-electron chi connectivity index (χ1n) is 7.71. The smallest absolute Gasteiger partial charge is 0.325 e. The quantitative estimate of drug-likeness (QED) is 0.789. The molecule has 0 aliphatic carbocycles. The summed E-state index contributed by atoms with van der Waals surface area (Å²) in [6.07, 6.45) is 1.08. The summed E-state index contributed by atoms with van der Waals surface area (Å²) < 4.78 is 6.54. The predicted octanol–water partition coefficient (Wildman–Crippen LogP) is 3.11. The Labute approximate surface area is 147 Å². The van der Waals surface area contributed by atoms with Gasteiger partial charge in [-0.3, -0.25) is 9.69 Å². The average molecular weight is 393 g/mol. The molecule has 0 bridgehead atoms. The van der Waals surface area contributed by atoms with E-state index in [0.717, 1.165) is 14.9 Å². The Balaban J connectivity index is 1.79. The molecule has 24 heavy (non-hydrogen) atoms. The van der Waals surface area contributed by atoms with Crippen LogP contribution in [0.25, 0.3) is 11.5 Å². The molecule has 3 amide bonds. The van der Waals surface area contributed by atoms with Gasteiger partial charge in [-0.2, -0.15) is 0 Å². The first kappa shape index (κ1) is 16.6. The van der Waals surface area contributed by atoms with Crippen molar-refractivity contribution in [2.75, 3.05) is 0 Å². The number of carbonyl (C=O) groups excluding carboxylic acids is 2. The number of imide groups is 1. The second-order valence-corrected chi connectivity index (χ2v) is 6.53. The Morgan fingerprint density at radius 3 is 2.42 bits per heavy atom. The summed E-state index contributed by atoms with van der Waals surface area (Å²) in [5.74, 6) is 0.321. The maximum absolute atomic E-state index is 12.6. The zero-order valence-electron chi connectivity index (χ0n) is 13.4. The van der Waals surface area contributed by atoms with E-state index in [4.69, 9.17) is 4.42 Å². The third-order valence-electron chi connectivity index (χ3n) is 4.30. The van der Waals surface area contributed by atoms with Crippen molar-refractivity contribution in [3.05, 3.63) is 34.6 Å². The maximum atomic E-state index is 12.6. The highest BCUT2D eigenvalue weighted by atomic mass is 79.9. The number of halogens is 1. The summed E-state index contributed by atoms with van der Waals surface area (Å²) in [6.45, 7) is 3.73. The molecule has 1 fully saturated rings. The van der Waals surface area contributed by atoms with Crippen LogP contribution in [0, 0.1) is 0 Å². The fourth-order valence-electron chi connectivity index (χ4n) is 2.71. The minimum atomic E-state index is -0.828. The Morgan fingerprint density at radius 2 is 1.83 bits per heavy atom. The van der Waals surface area contributed by atoms with Gasteiger partial charge >= 0.3 is 6.03 Å². The summed E-state index contributed by atoms with van der Waals surface area (Å²) in [5, 5.41) is 10.7. The number of amides is 3. The van der Waals surface area contributed by atoms with E-state index in [-0.39, 0.29) is 18.3 Å². The van der Waals surface area contributed by atoms with Crippen LogP contribution in [0.1, 0.15) is 32.6 Å². The highest BCUT2D eigenvalue weighted by molar-refractivity contribution is 9.10. The lowest BCUT2D eigenvalue weighted by atomic mass is 9.93. The summed E-state index contributed by atoms with van der Waals surface area (Å²) in [4.78, 5) is 25.8. The van der Waals surface area contributed by atoms with Gasteiger partial charge in [-0.15, -0.1) is 10.2 Å². The van der Waals surface area contributed by atoms with Crippen LogP contribution in [0.5, 0.6) is 0 Å².